The highest BCUT2D eigenvalue weighted by Gasteiger charge is 2.33. The second kappa shape index (κ2) is 11.2. The fourth-order valence-electron chi connectivity index (χ4n) is 4.58. The minimum atomic E-state index is -0.361. The highest BCUT2D eigenvalue weighted by Crippen LogP contribution is 2.15. The van der Waals surface area contributed by atoms with Gasteiger partial charge in [0.25, 0.3) is 0 Å². The molecule has 0 spiro atoms. The molecule has 0 radical (unpaired) electrons. The number of piperazine rings is 2. The first-order valence-corrected chi connectivity index (χ1v) is 11.6. The number of pyridine rings is 1. The maximum atomic E-state index is 13.0. The SMILES string of the molecule is O=C1NCCN(CCCc2ccccc2)[C@H]1CC(=O)N1CCN(Cc2cccnc2)CC1. The third kappa shape index (κ3) is 6.14. The molecule has 2 fully saturated rings. The first-order valence-electron chi connectivity index (χ1n) is 11.6. The van der Waals surface area contributed by atoms with Gasteiger partial charge in [-0.05, 0) is 36.6 Å². The molecular formula is C25H33N5O2. The number of aryl methyl sites for hydroxylation is 1. The van der Waals surface area contributed by atoms with Gasteiger partial charge in [-0.25, -0.2) is 0 Å². The second-order valence-corrected chi connectivity index (χ2v) is 8.65. The second-order valence-electron chi connectivity index (χ2n) is 8.65. The molecule has 2 aromatic rings. The van der Waals surface area contributed by atoms with Gasteiger partial charge in [0, 0.05) is 58.2 Å². The Morgan fingerprint density at radius 3 is 2.53 bits per heavy atom. The van der Waals surface area contributed by atoms with E-state index in [1.165, 1.54) is 11.1 Å². The Morgan fingerprint density at radius 2 is 1.78 bits per heavy atom. The molecule has 0 unspecified atom stereocenters. The Balaban J connectivity index is 1.25. The highest BCUT2D eigenvalue weighted by atomic mass is 16.2. The van der Waals surface area contributed by atoms with Crippen molar-refractivity contribution in [1.29, 1.82) is 0 Å². The van der Waals surface area contributed by atoms with Gasteiger partial charge in [-0.2, -0.15) is 0 Å². The van der Waals surface area contributed by atoms with Gasteiger partial charge in [0.05, 0.1) is 12.5 Å². The Bertz CT molecular complexity index is 868. The van der Waals surface area contributed by atoms with Gasteiger partial charge in [0.2, 0.25) is 11.8 Å². The molecule has 2 aliphatic rings. The van der Waals surface area contributed by atoms with E-state index < -0.39 is 0 Å². The Labute approximate surface area is 190 Å². The first-order chi connectivity index (χ1) is 15.7. The quantitative estimate of drug-likeness (QED) is 0.681. The number of nitrogens with one attached hydrogen (secondary N) is 1. The number of amides is 2. The van der Waals surface area contributed by atoms with E-state index in [2.05, 4.69) is 50.4 Å². The fraction of sp³-hybridized carbons (Fsp3) is 0.480. The average molecular weight is 436 g/mol. The normalized spacial score (nSPS) is 20.2. The molecule has 1 atom stereocenters. The molecule has 170 valence electrons. The monoisotopic (exact) mass is 435 g/mol. The molecule has 1 aromatic carbocycles. The van der Waals surface area contributed by atoms with Gasteiger partial charge in [-0.15, -0.1) is 0 Å². The molecule has 1 aromatic heterocycles. The van der Waals surface area contributed by atoms with Crippen molar-refractivity contribution in [2.75, 3.05) is 45.8 Å². The Kier molecular flexibility index (Phi) is 7.85. The van der Waals surface area contributed by atoms with E-state index in [0.29, 0.717) is 19.6 Å². The number of carbonyl (C=O) groups is 2. The van der Waals surface area contributed by atoms with Crippen LogP contribution in [0.2, 0.25) is 0 Å². The fourth-order valence-corrected chi connectivity index (χ4v) is 4.58. The predicted octanol–water partition coefficient (Wildman–Crippen LogP) is 1.55. The molecule has 2 aliphatic heterocycles. The smallest absolute Gasteiger partial charge is 0.237 e. The number of nitrogens with zero attached hydrogens (tertiary/aromatic N) is 4. The summed E-state index contributed by atoms with van der Waals surface area (Å²) in [6.45, 7) is 6.26. The van der Waals surface area contributed by atoms with Crippen LogP contribution in [0.1, 0.15) is 24.0 Å². The summed E-state index contributed by atoms with van der Waals surface area (Å²) in [7, 11) is 0. The van der Waals surface area contributed by atoms with E-state index in [-0.39, 0.29) is 24.3 Å². The molecule has 32 heavy (non-hydrogen) atoms. The lowest BCUT2D eigenvalue weighted by Gasteiger charge is -2.38. The van der Waals surface area contributed by atoms with Gasteiger partial charge in [0.1, 0.15) is 0 Å². The summed E-state index contributed by atoms with van der Waals surface area (Å²) in [5, 5.41) is 2.95. The van der Waals surface area contributed by atoms with Crippen molar-refractivity contribution in [3.05, 3.63) is 66.0 Å². The van der Waals surface area contributed by atoms with E-state index in [0.717, 1.165) is 45.6 Å². The van der Waals surface area contributed by atoms with Crippen LogP contribution in [0.5, 0.6) is 0 Å². The van der Waals surface area contributed by atoms with Crippen LogP contribution in [0.25, 0.3) is 0 Å². The molecule has 7 nitrogen and oxygen atoms in total. The number of aromatic nitrogens is 1. The molecule has 0 saturated carbocycles. The summed E-state index contributed by atoms with van der Waals surface area (Å²) in [4.78, 5) is 36.2. The van der Waals surface area contributed by atoms with Crippen LogP contribution in [0.15, 0.2) is 54.9 Å². The number of carbonyl (C=O) groups excluding carboxylic acids is 2. The van der Waals surface area contributed by atoms with Crippen LogP contribution in [0, 0.1) is 0 Å². The van der Waals surface area contributed by atoms with Crippen LogP contribution < -0.4 is 5.32 Å². The molecule has 3 heterocycles. The van der Waals surface area contributed by atoms with Crippen LogP contribution in [-0.4, -0.2) is 83.4 Å². The van der Waals surface area contributed by atoms with Crippen LogP contribution in [-0.2, 0) is 22.6 Å². The van der Waals surface area contributed by atoms with Crippen molar-refractivity contribution < 1.29 is 9.59 Å². The lowest BCUT2D eigenvalue weighted by Crippen LogP contribution is -2.57. The van der Waals surface area contributed by atoms with Crippen molar-refractivity contribution in [3.8, 4) is 0 Å². The van der Waals surface area contributed by atoms with Crippen LogP contribution in [0.3, 0.4) is 0 Å². The van der Waals surface area contributed by atoms with E-state index in [9.17, 15) is 9.59 Å². The molecule has 4 rings (SSSR count). The maximum Gasteiger partial charge on any atom is 0.237 e. The lowest BCUT2D eigenvalue weighted by atomic mass is 10.1. The van der Waals surface area contributed by atoms with Crippen molar-refractivity contribution in [3.63, 3.8) is 0 Å². The Hall–Kier alpha value is -2.77. The zero-order valence-corrected chi connectivity index (χ0v) is 18.7. The van der Waals surface area contributed by atoms with E-state index in [4.69, 9.17) is 0 Å². The third-order valence-corrected chi connectivity index (χ3v) is 6.42. The summed E-state index contributed by atoms with van der Waals surface area (Å²) in [5.41, 5.74) is 2.50. The summed E-state index contributed by atoms with van der Waals surface area (Å²) < 4.78 is 0. The van der Waals surface area contributed by atoms with Gasteiger partial charge in [-0.3, -0.25) is 24.4 Å². The maximum absolute atomic E-state index is 13.0. The molecule has 0 bridgehead atoms. The third-order valence-electron chi connectivity index (χ3n) is 6.42. The van der Waals surface area contributed by atoms with Gasteiger partial charge >= 0.3 is 0 Å². The van der Waals surface area contributed by atoms with Gasteiger partial charge in [0.15, 0.2) is 0 Å². The van der Waals surface area contributed by atoms with E-state index in [1.54, 1.807) is 6.20 Å². The molecular weight excluding hydrogens is 402 g/mol. The van der Waals surface area contributed by atoms with Gasteiger partial charge in [-0.1, -0.05) is 36.4 Å². The highest BCUT2D eigenvalue weighted by molar-refractivity contribution is 5.88. The zero-order chi connectivity index (χ0) is 22.2. The molecule has 2 saturated heterocycles. The average Bonchev–Trinajstić information content (AvgIpc) is 2.83. The van der Waals surface area contributed by atoms with Crippen LogP contribution >= 0.6 is 0 Å². The number of rotatable bonds is 8. The molecule has 2 amide bonds. The topological polar surface area (TPSA) is 68.8 Å². The van der Waals surface area contributed by atoms with Crippen molar-refractivity contribution in [2.45, 2.75) is 31.8 Å². The molecule has 1 N–H and O–H groups in total. The zero-order valence-electron chi connectivity index (χ0n) is 18.7. The van der Waals surface area contributed by atoms with Crippen molar-refractivity contribution >= 4 is 11.8 Å². The van der Waals surface area contributed by atoms with E-state index in [1.807, 2.05) is 23.2 Å². The summed E-state index contributed by atoms with van der Waals surface area (Å²) >= 11 is 0. The Morgan fingerprint density at radius 1 is 1.00 bits per heavy atom. The van der Waals surface area contributed by atoms with Crippen molar-refractivity contribution in [1.82, 2.24) is 25.0 Å². The molecule has 0 aliphatic carbocycles. The van der Waals surface area contributed by atoms with E-state index >= 15 is 0 Å². The number of hydrogen-bond acceptors (Lipinski definition) is 5. The summed E-state index contributed by atoms with van der Waals surface area (Å²) in [6, 6.07) is 14.1. The number of hydrogen-bond donors (Lipinski definition) is 1. The largest absolute Gasteiger partial charge is 0.353 e. The predicted molar refractivity (Wildman–Crippen MR) is 124 cm³/mol. The standard InChI is InChI=1S/C25H33N5O2/c31-24(30-16-14-28(15-17-30)20-22-8-4-10-26-19-22)18-23-25(32)27-11-13-29(23)12-5-9-21-6-2-1-3-7-21/h1-4,6-8,10,19,23H,5,9,11-18,20H2,(H,27,32)/t23-/m0/s1. The lowest BCUT2D eigenvalue weighted by molar-refractivity contribution is -0.140. The van der Waals surface area contributed by atoms with Crippen molar-refractivity contribution in [2.24, 2.45) is 0 Å². The number of benzene rings is 1. The van der Waals surface area contributed by atoms with Gasteiger partial charge < -0.3 is 10.2 Å². The summed E-state index contributed by atoms with van der Waals surface area (Å²) in [6.07, 6.45) is 5.91. The minimum Gasteiger partial charge on any atom is -0.353 e. The summed E-state index contributed by atoms with van der Waals surface area (Å²) in [5.74, 6) is 0.0701. The first kappa shape index (κ1) is 22.4. The minimum absolute atomic E-state index is 0.0143. The van der Waals surface area contributed by atoms with Crippen LogP contribution in [0.4, 0.5) is 0 Å². The molecule has 7 heteroatoms.